The molecule has 1 aliphatic rings. The molecule has 1 aromatic rings. The molecule has 0 spiro atoms. The van der Waals surface area contributed by atoms with Crippen molar-refractivity contribution in [3.05, 3.63) is 24.3 Å². The molecule has 1 saturated carbocycles. The Bertz CT molecular complexity index is 330. The van der Waals surface area contributed by atoms with Crippen molar-refractivity contribution < 1.29 is 9.84 Å². The second-order valence-electron chi connectivity index (χ2n) is 4.26. The van der Waals surface area contributed by atoms with E-state index in [1.165, 1.54) is 5.69 Å². The number of ether oxygens (including phenoxy) is 1. The number of hydrogen-bond donors (Lipinski definition) is 1. The molecule has 0 aliphatic heterocycles. The molecule has 0 unspecified atom stereocenters. The largest absolute Gasteiger partial charge is 0.497 e. The highest BCUT2D eigenvalue weighted by atomic mass is 16.5. The van der Waals surface area contributed by atoms with Crippen molar-refractivity contribution in [1.29, 1.82) is 0 Å². The lowest BCUT2D eigenvalue weighted by Gasteiger charge is -2.41. The van der Waals surface area contributed by atoms with Gasteiger partial charge in [-0.1, -0.05) is 0 Å². The molecule has 1 fully saturated rings. The van der Waals surface area contributed by atoms with Crippen molar-refractivity contribution >= 4 is 5.69 Å². The lowest BCUT2D eigenvalue weighted by molar-refractivity contribution is 0.0736. The van der Waals surface area contributed by atoms with Gasteiger partial charge in [-0.3, -0.25) is 0 Å². The van der Waals surface area contributed by atoms with E-state index < -0.39 is 0 Å². The zero-order chi connectivity index (χ0) is 11.5. The van der Waals surface area contributed by atoms with Crippen LogP contribution in [0.3, 0.4) is 0 Å². The summed E-state index contributed by atoms with van der Waals surface area (Å²) in [6.45, 7) is 3.12. The van der Waals surface area contributed by atoms with Crippen LogP contribution in [0.4, 0.5) is 5.69 Å². The molecule has 88 valence electrons. The van der Waals surface area contributed by atoms with E-state index in [9.17, 15) is 5.11 Å². The topological polar surface area (TPSA) is 32.7 Å². The fourth-order valence-corrected chi connectivity index (χ4v) is 2.24. The highest BCUT2D eigenvalue weighted by Gasteiger charge is 2.31. The summed E-state index contributed by atoms with van der Waals surface area (Å²) in [5, 5.41) is 9.35. The Balaban J connectivity index is 2.07. The van der Waals surface area contributed by atoms with E-state index in [-0.39, 0.29) is 6.10 Å². The quantitative estimate of drug-likeness (QED) is 0.844. The first kappa shape index (κ1) is 11.3. The van der Waals surface area contributed by atoms with Gasteiger partial charge in [0.05, 0.1) is 13.2 Å². The van der Waals surface area contributed by atoms with Crippen molar-refractivity contribution in [3.63, 3.8) is 0 Å². The molecule has 1 aromatic carbocycles. The molecule has 0 bridgehead atoms. The Hall–Kier alpha value is -1.22. The van der Waals surface area contributed by atoms with Gasteiger partial charge in [0, 0.05) is 18.3 Å². The maximum atomic E-state index is 9.35. The van der Waals surface area contributed by atoms with Gasteiger partial charge in [0.2, 0.25) is 0 Å². The second kappa shape index (κ2) is 4.74. The van der Waals surface area contributed by atoms with Gasteiger partial charge >= 0.3 is 0 Å². The Morgan fingerprint density at radius 2 is 1.94 bits per heavy atom. The van der Waals surface area contributed by atoms with Crippen molar-refractivity contribution in [2.45, 2.75) is 31.9 Å². The number of hydrogen-bond acceptors (Lipinski definition) is 3. The van der Waals surface area contributed by atoms with Crippen LogP contribution in [0.5, 0.6) is 5.75 Å². The molecule has 1 N–H and O–H groups in total. The van der Waals surface area contributed by atoms with Gasteiger partial charge in [-0.15, -0.1) is 0 Å². The van der Waals surface area contributed by atoms with Crippen molar-refractivity contribution in [2.75, 3.05) is 18.6 Å². The van der Waals surface area contributed by atoms with Crippen LogP contribution in [0.1, 0.15) is 19.8 Å². The van der Waals surface area contributed by atoms with E-state index in [2.05, 4.69) is 24.0 Å². The van der Waals surface area contributed by atoms with E-state index in [1.807, 2.05) is 12.1 Å². The van der Waals surface area contributed by atoms with Gasteiger partial charge in [-0.2, -0.15) is 0 Å². The second-order valence-corrected chi connectivity index (χ2v) is 4.26. The Morgan fingerprint density at radius 3 is 2.38 bits per heavy atom. The van der Waals surface area contributed by atoms with Gasteiger partial charge < -0.3 is 14.7 Å². The lowest BCUT2D eigenvalue weighted by Crippen LogP contribution is -2.47. The van der Waals surface area contributed by atoms with Crippen molar-refractivity contribution in [1.82, 2.24) is 0 Å². The molecule has 0 atom stereocenters. The fraction of sp³-hybridized carbons (Fsp3) is 0.538. The minimum atomic E-state index is -0.0997. The van der Waals surface area contributed by atoms with E-state index in [1.54, 1.807) is 7.11 Å². The molecule has 0 aromatic heterocycles. The number of methoxy groups -OCH3 is 1. The minimum absolute atomic E-state index is 0.0997. The third kappa shape index (κ3) is 2.14. The summed E-state index contributed by atoms with van der Waals surface area (Å²) in [6.07, 6.45) is 1.68. The zero-order valence-corrected chi connectivity index (χ0v) is 9.89. The number of benzene rings is 1. The van der Waals surface area contributed by atoms with Gasteiger partial charge in [0.1, 0.15) is 5.75 Å². The van der Waals surface area contributed by atoms with Gasteiger partial charge in [0.15, 0.2) is 0 Å². The maximum absolute atomic E-state index is 9.35. The smallest absolute Gasteiger partial charge is 0.119 e. The van der Waals surface area contributed by atoms with Crippen LogP contribution in [0, 0.1) is 0 Å². The summed E-state index contributed by atoms with van der Waals surface area (Å²) >= 11 is 0. The van der Waals surface area contributed by atoms with Crippen LogP contribution >= 0.6 is 0 Å². The molecule has 2 rings (SSSR count). The number of aliphatic hydroxyl groups is 1. The van der Waals surface area contributed by atoms with Gasteiger partial charge in [-0.25, -0.2) is 0 Å². The van der Waals surface area contributed by atoms with E-state index in [0.29, 0.717) is 6.04 Å². The highest BCUT2D eigenvalue weighted by Crippen LogP contribution is 2.30. The van der Waals surface area contributed by atoms with Crippen LogP contribution < -0.4 is 9.64 Å². The zero-order valence-electron chi connectivity index (χ0n) is 9.89. The van der Waals surface area contributed by atoms with Crippen LogP contribution in [0.15, 0.2) is 24.3 Å². The van der Waals surface area contributed by atoms with Crippen molar-refractivity contribution in [2.24, 2.45) is 0 Å². The molecular formula is C13H19NO2. The molecule has 0 amide bonds. The molecular weight excluding hydrogens is 202 g/mol. The highest BCUT2D eigenvalue weighted by molar-refractivity contribution is 5.50. The number of rotatable bonds is 4. The number of nitrogens with zero attached hydrogens (tertiary/aromatic N) is 1. The third-order valence-electron chi connectivity index (χ3n) is 3.27. The molecule has 0 heterocycles. The standard InChI is InChI=1S/C13H19NO2/c1-3-14(11-8-12(15)9-11)10-4-6-13(16-2)7-5-10/h4-7,11-12,15H,3,8-9H2,1-2H3. The summed E-state index contributed by atoms with van der Waals surface area (Å²) in [5.41, 5.74) is 1.21. The average molecular weight is 221 g/mol. The van der Waals surface area contributed by atoms with E-state index in [4.69, 9.17) is 4.74 Å². The normalized spacial score (nSPS) is 23.7. The summed E-state index contributed by atoms with van der Waals surface area (Å²) in [6, 6.07) is 8.61. The SMILES string of the molecule is CCN(c1ccc(OC)cc1)C1CC(O)C1. The van der Waals surface area contributed by atoms with Crippen LogP contribution in [-0.2, 0) is 0 Å². The predicted octanol–water partition coefficient (Wildman–Crippen LogP) is 2.04. The molecule has 1 aliphatic carbocycles. The lowest BCUT2D eigenvalue weighted by atomic mass is 9.87. The molecule has 3 heteroatoms. The fourth-order valence-electron chi connectivity index (χ4n) is 2.24. The summed E-state index contributed by atoms with van der Waals surface area (Å²) < 4.78 is 5.14. The summed E-state index contributed by atoms with van der Waals surface area (Å²) in [5.74, 6) is 0.883. The predicted molar refractivity (Wildman–Crippen MR) is 65.0 cm³/mol. The molecule has 16 heavy (non-hydrogen) atoms. The molecule has 3 nitrogen and oxygen atoms in total. The monoisotopic (exact) mass is 221 g/mol. The molecule has 0 radical (unpaired) electrons. The first-order valence-electron chi connectivity index (χ1n) is 5.83. The Morgan fingerprint density at radius 1 is 1.31 bits per heavy atom. The van der Waals surface area contributed by atoms with Crippen molar-refractivity contribution in [3.8, 4) is 5.75 Å². The van der Waals surface area contributed by atoms with Gasteiger partial charge in [0.25, 0.3) is 0 Å². The number of anilines is 1. The molecule has 0 saturated heterocycles. The number of aliphatic hydroxyl groups excluding tert-OH is 1. The Labute approximate surface area is 96.6 Å². The van der Waals surface area contributed by atoms with E-state index >= 15 is 0 Å². The summed E-state index contributed by atoms with van der Waals surface area (Å²) in [7, 11) is 1.68. The van der Waals surface area contributed by atoms with Gasteiger partial charge in [-0.05, 0) is 44.0 Å². The Kier molecular flexibility index (Phi) is 3.34. The van der Waals surface area contributed by atoms with Crippen LogP contribution in [0.25, 0.3) is 0 Å². The first-order chi connectivity index (χ1) is 7.74. The van der Waals surface area contributed by atoms with E-state index in [0.717, 1.165) is 25.1 Å². The average Bonchev–Trinajstić information content (AvgIpc) is 2.28. The first-order valence-corrected chi connectivity index (χ1v) is 5.83. The van der Waals surface area contributed by atoms with Crippen LogP contribution in [-0.4, -0.2) is 30.9 Å². The third-order valence-corrected chi connectivity index (χ3v) is 3.27. The van der Waals surface area contributed by atoms with Crippen LogP contribution in [0.2, 0.25) is 0 Å². The minimum Gasteiger partial charge on any atom is -0.497 e. The maximum Gasteiger partial charge on any atom is 0.119 e. The summed E-state index contributed by atoms with van der Waals surface area (Å²) in [4.78, 5) is 2.34.